The molecule has 0 aliphatic carbocycles. The van der Waals surface area contributed by atoms with Crippen molar-refractivity contribution >= 4 is 17.5 Å². The number of aryl methyl sites for hydroxylation is 1. The van der Waals surface area contributed by atoms with Crippen LogP contribution in [0.25, 0.3) is 0 Å². The Morgan fingerprint density at radius 3 is 2.63 bits per heavy atom. The van der Waals surface area contributed by atoms with Gasteiger partial charge in [-0.2, -0.15) is 4.98 Å². The van der Waals surface area contributed by atoms with Crippen LogP contribution in [-0.2, 0) is 6.54 Å². The van der Waals surface area contributed by atoms with E-state index in [2.05, 4.69) is 20.6 Å². The number of nitrogens with zero attached hydrogens (tertiary/aromatic N) is 2. The molecule has 7 heteroatoms. The molecule has 0 atom stereocenters. The summed E-state index contributed by atoms with van der Waals surface area (Å²) in [5, 5.41) is 6.54. The van der Waals surface area contributed by atoms with Gasteiger partial charge in [0, 0.05) is 24.0 Å². The van der Waals surface area contributed by atoms with Crippen molar-refractivity contribution in [2.24, 2.45) is 0 Å². The molecule has 0 saturated carbocycles. The number of hydrogen-bond donors (Lipinski definition) is 2. The third-order valence-electron chi connectivity index (χ3n) is 4.10. The number of methoxy groups -OCH3 is 1. The molecule has 0 amide bonds. The predicted octanol–water partition coefficient (Wildman–Crippen LogP) is 3.88. The van der Waals surface area contributed by atoms with E-state index in [1.54, 1.807) is 7.11 Å². The number of aromatic nitrogens is 2. The third-order valence-corrected chi connectivity index (χ3v) is 4.10. The van der Waals surface area contributed by atoms with E-state index in [1.165, 1.54) is 0 Å². The molecule has 2 aromatic carbocycles. The standard InChI is InChI=1S/C20H20N4O3/c1-13-9-19(23-15-4-6-16(25-2)7-5-15)24-20(22-13)21-11-14-3-8-17-18(10-14)27-12-26-17/h3-10H,11-12H2,1-2H3,(H2,21,22,23,24). The number of anilines is 3. The maximum absolute atomic E-state index is 5.41. The Bertz CT molecular complexity index is 944. The zero-order valence-electron chi connectivity index (χ0n) is 15.2. The number of ether oxygens (including phenoxy) is 3. The molecule has 1 aliphatic rings. The highest BCUT2D eigenvalue weighted by atomic mass is 16.7. The van der Waals surface area contributed by atoms with E-state index >= 15 is 0 Å². The zero-order chi connectivity index (χ0) is 18.6. The number of rotatable bonds is 6. The average Bonchev–Trinajstić information content (AvgIpc) is 3.14. The molecule has 1 aliphatic heterocycles. The SMILES string of the molecule is COc1ccc(Nc2cc(C)nc(NCc3ccc4c(c3)OCO4)n2)cc1. The van der Waals surface area contributed by atoms with Gasteiger partial charge in [0.25, 0.3) is 0 Å². The molecule has 0 bridgehead atoms. The molecule has 2 heterocycles. The molecule has 0 saturated heterocycles. The van der Waals surface area contributed by atoms with Crippen LogP contribution in [-0.4, -0.2) is 23.9 Å². The Labute approximate surface area is 157 Å². The first-order valence-corrected chi connectivity index (χ1v) is 8.59. The van der Waals surface area contributed by atoms with Crippen LogP contribution in [0.4, 0.5) is 17.5 Å². The predicted molar refractivity (Wildman–Crippen MR) is 103 cm³/mol. The van der Waals surface area contributed by atoms with Crippen molar-refractivity contribution in [3.63, 3.8) is 0 Å². The first-order chi connectivity index (χ1) is 13.2. The van der Waals surface area contributed by atoms with Gasteiger partial charge in [0.15, 0.2) is 11.5 Å². The van der Waals surface area contributed by atoms with Crippen LogP contribution in [0, 0.1) is 6.92 Å². The lowest BCUT2D eigenvalue weighted by atomic mass is 10.2. The highest BCUT2D eigenvalue weighted by Gasteiger charge is 2.13. The summed E-state index contributed by atoms with van der Waals surface area (Å²) in [5.74, 6) is 3.63. The molecule has 1 aromatic heterocycles. The van der Waals surface area contributed by atoms with Gasteiger partial charge in [-0.1, -0.05) is 6.07 Å². The monoisotopic (exact) mass is 364 g/mol. The van der Waals surface area contributed by atoms with Crippen molar-refractivity contribution < 1.29 is 14.2 Å². The second-order valence-corrected chi connectivity index (χ2v) is 6.11. The van der Waals surface area contributed by atoms with Crippen LogP contribution in [0.5, 0.6) is 17.2 Å². The van der Waals surface area contributed by atoms with Gasteiger partial charge in [0.1, 0.15) is 11.6 Å². The molecule has 138 valence electrons. The molecule has 0 fully saturated rings. The number of hydrogen-bond acceptors (Lipinski definition) is 7. The Morgan fingerprint density at radius 2 is 1.81 bits per heavy atom. The van der Waals surface area contributed by atoms with Crippen LogP contribution in [0.2, 0.25) is 0 Å². The van der Waals surface area contributed by atoms with Gasteiger partial charge in [-0.3, -0.25) is 0 Å². The van der Waals surface area contributed by atoms with Crippen LogP contribution in [0.3, 0.4) is 0 Å². The maximum Gasteiger partial charge on any atom is 0.231 e. The van der Waals surface area contributed by atoms with Crippen LogP contribution in [0.1, 0.15) is 11.3 Å². The number of fused-ring (bicyclic) bond motifs is 1. The quantitative estimate of drug-likeness (QED) is 0.687. The summed E-state index contributed by atoms with van der Waals surface area (Å²) in [7, 11) is 1.65. The summed E-state index contributed by atoms with van der Waals surface area (Å²) in [6, 6.07) is 15.4. The summed E-state index contributed by atoms with van der Waals surface area (Å²) in [4.78, 5) is 8.99. The topological polar surface area (TPSA) is 77.5 Å². The van der Waals surface area contributed by atoms with Gasteiger partial charge in [0.2, 0.25) is 12.7 Å². The van der Waals surface area contributed by atoms with E-state index in [-0.39, 0.29) is 6.79 Å². The fourth-order valence-corrected chi connectivity index (χ4v) is 2.77. The highest BCUT2D eigenvalue weighted by molar-refractivity contribution is 5.58. The molecule has 0 radical (unpaired) electrons. The molecule has 4 rings (SSSR count). The highest BCUT2D eigenvalue weighted by Crippen LogP contribution is 2.32. The van der Waals surface area contributed by atoms with Crippen molar-refractivity contribution in [2.75, 3.05) is 24.5 Å². The van der Waals surface area contributed by atoms with E-state index in [1.807, 2.05) is 55.5 Å². The molecule has 0 spiro atoms. The van der Waals surface area contributed by atoms with Crippen molar-refractivity contribution in [3.05, 3.63) is 59.8 Å². The van der Waals surface area contributed by atoms with Gasteiger partial charge < -0.3 is 24.8 Å². The Hall–Kier alpha value is -3.48. The van der Waals surface area contributed by atoms with Gasteiger partial charge in [-0.05, 0) is 48.9 Å². The normalized spacial score (nSPS) is 11.9. The van der Waals surface area contributed by atoms with Crippen molar-refractivity contribution in [1.29, 1.82) is 0 Å². The van der Waals surface area contributed by atoms with Gasteiger partial charge in [-0.25, -0.2) is 4.98 Å². The van der Waals surface area contributed by atoms with Crippen molar-refractivity contribution in [2.45, 2.75) is 13.5 Å². The zero-order valence-corrected chi connectivity index (χ0v) is 15.2. The van der Waals surface area contributed by atoms with E-state index in [0.29, 0.717) is 12.5 Å². The Morgan fingerprint density at radius 1 is 1.00 bits per heavy atom. The first kappa shape index (κ1) is 17.0. The Balaban J connectivity index is 1.45. The summed E-state index contributed by atoms with van der Waals surface area (Å²) in [6.45, 7) is 2.79. The van der Waals surface area contributed by atoms with Crippen molar-refractivity contribution in [1.82, 2.24) is 9.97 Å². The summed E-state index contributed by atoms with van der Waals surface area (Å²) in [6.07, 6.45) is 0. The van der Waals surface area contributed by atoms with Gasteiger partial charge in [0.05, 0.1) is 7.11 Å². The largest absolute Gasteiger partial charge is 0.497 e. The van der Waals surface area contributed by atoms with Crippen LogP contribution < -0.4 is 24.8 Å². The molecule has 3 aromatic rings. The maximum atomic E-state index is 5.41. The molecule has 7 nitrogen and oxygen atoms in total. The molecule has 2 N–H and O–H groups in total. The smallest absolute Gasteiger partial charge is 0.231 e. The minimum atomic E-state index is 0.271. The van der Waals surface area contributed by atoms with Crippen molar-refractivity contribution in [3.8, 4) is 17.2 Å². The minimum Gasteiger partial charge on any atom is -0.497 e. The second-order valence-electron chi connectivity index (χ2n) is 6.11. The lowest BCUT2D eigenvalue weighted by Crippen LogP contribution is -2.06. The van der Waals surface area contributed by atoms with Crippen LogP contribution >= 0.6 is 0 Å². The summed E-state index contributed by atoms with van der Waals surface area (Å²) >= 11 is 0. The van der Waals surface area contributed by atoms with Gasteiger partial charge >= 0.3 is 0 Å². The average molecular weight is 364 g/mol. The number of nitrogens with one attached hydrogen (secondary N) is 2. The number of benzene rings is 2. The lowest BCUT2D eigenvalue weighted by molar-refractivity contribution is 0.174. The summed E-state index contributed by atoms with van der Waals surface area (Å²) < 4.78 is 15.9. The third kappa shape index (κ3) is 4.03. The molecule has 27 heavy (non-hydrogen) atoms. The fourth-order valence-electron chi connectivity index (χ4n) is 2.77. The van der Waals surface area contributed by atoms with E-state index in [9.17, 15) is 0 Å². The van der Waals surface area contributed by atoms with Crippen LogP contribution in [0.15, 0.2) is 48.5 Å². The van der Waals surface area contributed by atoms with E-state index in [4.69, 9.17) is 14.2 Å². The molecular weight excluding hydrogens is 344 g/mol. The fraction of sp³-hybridized carbons (Fsp3) is 0.200. The summed E-state index contributed by atoms with van der Waals surface area (Å²) in [5.41, 5.74) is 2.86. The minimum absolute atomic E-state index is 0.271. The van der Waals surface area contributed by atoms with Gasteiger partial charge in [-0.15, -0.1) is 0 Å². The Kier molecular flexibility index (Phi) is 4.65. The lowest BCUT2D eigenvalue weighted by Gasteiger charge is -2.11. The first-order valence-electron chi connectivity index (χ1n) is 8.59. The van der Waals surface area contributed by atoms with E-state index < -0.39 is 0 Å². The van der Waals surface area contributed by atoms with E-state index in [0.717, 1.165) is 40.0 Å². The second kappa shape index (κ2) is 7.41. The molecular formula is C20H20N4O3. The molecule has 0 unspecified atom stereocenters.